The van der Waals surface area contributed by atoms with E-state index >= 15 is 0 Å². The van der Waals surface area contributed by atoms with Crippen LogP contribution in [0, 0.1) is 0 Å². The van der Waals surface area contributed by atoms with Gasteiger partial charge in [-0.1, -0.05) is 6.92 Å². The lowest BCUT2D eigenvalue weighted by Gasteiger charge is -1.87. The molecule has 0 spiro atoms. The van der Waals surface area contributed by atoms with Crippen LogP contribution >= 0.6 is 0 Å². The molecule has 0 fully saturated rings. The van der Waals surface area contributed by atoms with E-state index in [-0.39, 0.29) is 0 Å². The Labute approximate surface area is 60.7 Å². The molecule has 0 amide bonds. The summed E-state index contributed by atoms with van der Waals surface area (Å²) in [5.41, 5.74) is 0. The lowest BCUT2D eigenvalue weighted by molar-refractivity contribution is 1.14. The first-order valence-corrected chi connectivity index (χ1v) is 3.37. The Kier molecular flexibility index (Phi) is 2.62. The van der Waals surface area contributed by atoms with Gasteiger partial charge in [0.1, 0.15) is 5.82 Å². The topological polar surface area (TPSA) is 24.7 Å². The second kappa shape index (κ2) is 3.77. The van der Waals surface area contributed by atoms with Gasteiger partial charge < -0.3 is 0 Å². The molecule has 0 radical (unpaired) electrons. The summed E-state index contributed by atoms with van der Waals surface area (Å²) in [4.78, 5) is 8.13. The smallest absolute Gasteiger partial charge is 0.147 e. The van der Waals surface area contributed by atoms with Crippen molar-refractivity contribution in [3.8, 4) is 0 Å². The number of allylic oxidation sites excluding steroid dienone is 3. The molecule has 0 atom stereocenters. The molecule has 0 aliphatic carbocycles. The van der Waals surface area contributed by atoms with E-state index in [1.165, 1.54) is 0 Å². The quantitative estimate of drug-likeness (QED) is 0.523. The van der Waals surface area contributed by atoms with Gasteiger partial charge in [0.2, 0.25) is 0 Å². The summed E-state index contributed by atoms with van der Waals surface area (Å²) in [5.74, 6) is 0.799. The van der Waals surface area contributed by atoms with Crippen LogP contribution in [0.4, 0.5) is 0 Å². The normalized spacial score (nSPS) is 15.5. The van der Waals surface area contributed by atoms with Crippen LogP contribution in [0.3, 0.4) is 0 Å². The van der Waals surface area contributed by atoms with Crippen molar-refractivity contribution in [1.82, 2.24) is 0 Å². The van der Waals surface area contributed by atoms with Crippen LogP contribution < -0.4 is 0 Å². The van der Waals surface area contributed by atoms with E-state index in [4.69, 9.17) is 0 Å². The Hall–Kier alpha value is -1.18. The van der Waals surface area contributed by atoms with Crippen LogP contribution in [0.1, 0.15) is 13.3 Å². The maximum absolute atomic E-state index is 4.06. The minimum atomic E-state index is 0.799. The maximum Gasteiger partial charge on any atom is 0.147 e. The van der Waals surface area contributed by atoms with Gasteiger partial charge in [0.15, 0.2) is 0 Å². The van der Waals surface area contributed by atoms with Gasteiger partial charge in [0, 0.05) is 12.4 Å². The third kappa shape index (κ3) is 1.97. The molecule has 2 nitrogen and oxygen atoms in total. The molecule has 10 heavy (non-hydrogen) atoms. The third-order valence-electron chi connectivity index (χ3n) is 1.08. The number of hydrogen-bond acceptors (Lipinski definition) is 2. The van der Waals surface area contributed by atoms with Crippen molar-refractivity contribution in [3.63, 3.8) is 0 Å². The van der Waals surface area contributed by atoms with Crippen molar-refractivity contribution in [1.29, 1.82) is 0 Å². The van der Waals surface area contributed by atoms with Crippen molar-refractivity contribution >= 4 is 12.4 Å². The molecule has 1 heterocycles. The van der Waals surface area contributed by atoms with Gasteiger partial charge in [-0.25, -0.2) is 9.98 Å². The van der Waals surface area contributed by atoms with E-state index in [1.54, 1.807) is 12.4 Å². The predicted molar refractivity (Wildman–Crippen MR) is 44.5 cm³/mol. The van der Waals surface area contributed by atoms with Gasteiger partial charge in [-0.15, -0.1) is 0 Å². The molecule has 0 saturated carbocycles. The first kappa shape index (κ1) is 6.93. The fourth-order valence-electron chi connectivity index (χ4n) is 0.659. The Balaban J connectivity index is 2.72. The Morgan fingerprint density at radius 3 is 2.40 bits per heavy atom. The van der Waals surface area contributed by atoms with Gasteiger partial charge in [-0.05, 0) is 24.6 Å². The lowest BCUT2D eigenvalue weighted by Crippen LogP contribution is -1.71. The monoisotopic (exact) mass is 134 g/mol. The molecule has 0 aromatic rings. The largest absolute Gasteiger partial charge is 0.238 e. The summed E-state index contributed by atoms with van der Waals surface area (Å²) in [7, 11) is 0. The lowest BCUT2D eigenvalue weighted by atomic mass is 10.4. The molecule has 1 rings (SSSR count). The standard InChI is InChI=1S/C8H10N2/c1-2-5-8-9-6-3-4-7-10-8/h3-7H,2H2,1H3. The fraction of sp³-hybridized carbons (Fsp3) is 0.250. The minimum absolute atomic E-state index is 0.799. The van der Waals surface area contributed by atoms with Crippen LogP contribution in [0.15, 0.2) is 34.0 Å². The second-order valence-electron chi connectivity index (χ2n) is 1.91. The van der Waals surface area contributed by atoms with Crippen molar-refractivity contribution in [2.24, 2.45) is 9.98 Å². The molecule has 0 aromatic heterocycles. The van der Waals surface area contributed by atoms with Gasteiger partial charge >= 0.3 is 0 Å². The zero-order valence-corrected chi connectivity index (χ0v) is 5.99. The molecule has 0 N–H and O–H groups in total. The molecule has 0 aromatic carbocycles. The van der Waals surface area contributed by atoms with E-state index in [0.29, 0.717) is 0 Å². The SMILES string of the molecule is CCC=C1N=CC=CC=N1. The average Bonchev–Trinajstić information content (AvgIpc) is 2.17. The van der Waals surface area contributed by atoms with Gasteiger partial charge in [0.05, 0.1) is 0 Å². The zero-order chi connectivity index (χ0) is 7.23. The van der Waals surface area contributed by atoms with Crippen LogP contribution in [0.25, 0.3) is 0 Å². The third-order valence-corrected chi connectivity index (χ3v) is 1.08. The van der Waals surface area contributed by atoms with Crippen molar-refractivity contribution in [3.05, 3.63) is 24.0 Å². The van der Waals surface area contributed by atoms with Crippen molar-refractivity contribution in [2.75, 3.05) is 0 Å². The van der Waals surface area contributed by atoms with Gasteiger partial charge in [-0.3, -0.25) is 0 Å². The molecule has 52 valence electrons. The summed E-state index contributed by atoms with van der Waals surface area (Å²) >= 11 is 0. The summed E-state index contributed by atoms with van der Waals surface area (Å²) < 4.78 is 0. The summed E-state index contributed by atoms with van der Waals surface area (Å²) in [6.07, 6.45) is 10.2. The van der Waals surface area contributed by atoms with E-state index in [9.17, 15) is 0 Å². The fourth-order valence-corrected chi connectivity index (χ4v) is 0.659. The average molecular weight is 134 g/mol. The summed E-state index contributed by atoms with van der Waals surface area (Å²) in [6.45, 7) is 2.07. The highest BCUT2D eigenvalue weighted by Crippen LogP contribution is 2.00. The van der Waals surface area contributed by atoms with E-state index in [1.807, 2.05) is 18.2 Å². The molecule has 1 aliphatic heterocycles. The zero-order valence-electron chi connectivity index (χ0n) is 5.99. The van der Waals surface area contributed by atoms with Crippen LogP contribution in [0.5, 0.6) is 0 Å². The highest BCUT2D eigenvalue weighted by molar-refractivity contribution is 5.84. The molecule has 0 saturated heterocycles. The van der Waals surface area contributed by atoms with E-state index in [2.05, 4.69) is 16.9 Å². The van der Waals surface area contributed by atoms with Crippen LogP contribution in [0.2, 0.25) is 0 Å². The van der Waals surface area contributed by atoms with Crippen LogP contribution in [-0.2, 0) is 0 Å². The minimum Gasteiger partial charge on any atom is -0.238 e. The van der Waals surface area contributed by atoms with E-state index < -0.39 is 0 Å². The molecule has 0 bridgehead atoms. The summed E-state index contributed by atoms with van der Waals surface area (Å²) in [5, 5.41) is 0. The molecule has 1 aliphatic rings. The Bertz CT molecular complexity index is 191. The maximum atomic E-state index is 4.06. The van der Waals surface area contributed by atoms with E-state index in [0.717, 1.165) is 12.2 Å². The molecular weight excluding hydrogens is 124 g/mol. The molecule has 0 unspecified atom stereocenters. The highest BCUT2D eigenvalue weighted by atomic mass is 14.9. The second-order valence-corrected chi connectivity index (χ2v) is 1.91. The van der Waals surface area contributed by atoms with Crippen molar-refractivity contribution < 1.29 is 0 Å². The Morgan fingerprint density at radius 1 is 1.30 bits per heavy atom. The summed E-state index contributed by atoms with van der Waals surface area (Å²) in [6, 6.07) is 0. The number of aliphatic imine (C=N–C) groups is 2. The first-order chi connectivity index (χ1) is 4.93. The molecular formula is C8H10N2. The first-order valence-electron chi connectivity index (χ1n) is 3.37. The number of nitrogens with zero attached hydrogens (tertiary/aromatic N) is 2. The van der Waals surface area contributed by atoms with Gasteiger partial charge in [-0.2, -0.15) is 0 Å². The van der Waals surface area contributed by atoms with Gasteiger partial charge in [0.25, 0.3) is 0 Å². The number of hydrogen-bond donors (Lipinski definition) is 0. The highest BCUT2D eigenvalue weighted by Gasteiger charge is 1.86. The Morgan fingerprint density at radius 2 is 1.90 bits per heavy atom. The number of rotatable bonds is 1. The predicted octanol–water partition coefficient (Wildman–Crippen LogP) is 1.95. The van der Waals surface area contributed by atoms with Crippen LogP contribution in [-0.4, -0.2) is 12.4 Å². The molecule has 2 heteroatoms. The van der Waals surface area contributed by atoms with Crippen molar-refractivity contribution in [2.45, 2.75) is 13.3 Å².